The van der Waals surface area contributed by atoms with E-state index in [-0.39, 0.29) is 17.6 Å². The molecular weight excluding hydrogens is 437 g/mol. The van der Waals surface area contributed by atoms with E-state index >= 15 is 0 Å². The number of ether oxygens (including phenoxy) is 1. The van der Waals surface area contributed by atoms with Gasteiger partial charge in [-0.05, 0) is 67.9 Å². The number of likely N-dealkylation sites (tertiary alicyclic amines) is 1. The summed E-state index contributed by atoms with van der Waals surface area (Å²) in [6.45, 7) is 2.50. The summed E-state index contributed by atoms with van der Waals surface area (Å²) in [5, 5.41) is 2.77. The highest BCUT2D eigenvalue weighted by Crippen LogP contribution is 2.25. The fourth-order valence-electron chi connectivity index (χ4n) is 3.19. The molecule has 1 saturated heterocycles. The van der Waals surface area contributed by atoms with Crippen molar-refractivity contribution in [2.24, 2.45) is 5.92 Å². The van der Waals surface area contributed by atoms with E-state index in [4.69, 9.17) is 0 Å². The van der Waals surface area contributed by atoms with E-state index in [1.54, 1.807) is 0 Å². The number of anilines is 1. The highest BCUT2D eigenvalue weighted by atomic mass is 79.9. The molecule has 0 bridgehead atoms. The Hall–Kier alpha value is -2.06. The van der Waals surface area contributed by atoms with Gasteiger partial charge in [-0.1, -0.05) is 28.1 Å². The minimum absolute atomic E-state index is 0.104. The average Bonchev–Trinajstić information content (AvgIpc) is 2.65. The van der Waals surface area contributed by atoms with Gasteiger partial charge in [-0.15, -0.1) is 13.2 Å². The number of nitrogens with zero attached hydrogens (tertiary/aromatic N) is 1. The number of benzene rings is 2. The normalized spacial score (nSPS) is 16.0. The Balaban J connectivity index is 1.46. The van der Waals surface area contributed by atoms with Crippen molar-refractivity contribution in [1.82, 2.24) is 4.90 Å². The van der Waals surface area contributed by atoms with Gasteiger partial charge in [-0.2, -0.15) is 0 Å². The molecule has 0 saturated carbocycles. The predicted octanol–water partition coefficient (Wildman–Crippen LogP) is 5.20. The minimum atomic E-state index is -4.73. The molecule has 3 rings (SSSR count). The van der Waals surface area contributed by atoms with Gasteiger partial charge in [0.25, 0.3) is 0 Å². The molecule has 1 aliphatic heterocycles. The Morgan fingerprint density at radius 3 is 2.25 bits per heavy atom. The van der Waals surface area contributed by atoms with Crippen LogP contribution < -0.4 is 10.1 Å². The Morgan fingerprint density at radius 1 is 1.07 bits per heavy atom. The van der Waals surface area contributed by atoms with Crippen molar-refractivity contribution in [2.75, 3.05) is 18.4 Å². The van der Waals surface area contributed by atoms with Gasteiger partial charge < -0.3 is 10.1 Å². The van der Waals surface area contributed by atoms with E-state index < -0.39 is 6.36 Å². The minimum Gasteiger partial charge on any atom is -0.406 e. The summed E-state index contributed by atoms with van der Waals surface area (Å²) in [6.07, 6.45) is -3.23. The van der Waals surface area contributed by atoms with Crippen LogP contribution in [0, 0.1) is 5.92 Å². The van der Waals surface area contributed by atoms with Crippen LogP contribution in [-0.4, -0.2) is 30.3 Å². The van der Waals surface area contributed by atoms with Crippen LogP contribution in [0.3, 0.4) is 0 Å². The number of rotatable bonds is 5. The number of amides is 1. The maximum Gasteiger partial charge on any atom is 0.573 e. The summed E-state index contributed by atoms with van der Waals surface area (Å²) in [4.78, 5) is 14.8. The number of carbonyl (C=O) groups excluding carboxylic acids is 1. The zero-order chi connectivity index (χ0) is 20.1. The number of piperidine rings is 1. The monoisotopic (exact) mass is 456 g/mol. The second-order valence-corrected chi connectivity index (χ2v) is 7.65. The van der Waals surface area contributed by atoms with Crippen LogP contribution in [0.2, 0.25) is 0 Å². The molecule has 0 spiro atoms. The molecule has 8 heteroatoms. The Morgan fingerprint density at radius 2 is 1.68 bits per heavy atom. The summed E-state index contributed by atoms with van der Waals surface area (Å²) in [7, 11) is 0. The van der Waals surface area contributed by atoms with Crippen LogP contribution in [0.1, 0.15) is 18.4 Å². The lowest BCUT2D eigenvalue weighted by molar-refractivity contribution is -0.274. The van der Waals surface area contributed by atoms with E-state index in [2.05, 4.69) is 43.0 Å². The third-order valence-electron chi connectivity index (χ3n) is 4.63. The first kappa shape index (κ1) is 20.7. The van der Waals surface area contributed by atoms with E-state index in [1.807, 2.05) is 12.1 Å². The van der Waals surface area contributed by atoms with Crippen molar-refractivity contribution in [1.29, 1.82) is 0 Å². The first-order valence-electron chi connectivity index (χ1n) is 8.92. The molecule has 0 atom stereocenters. The quantitative estimate of drug-likeness (QED) is 0.672. The molecule has 4 nitrogen and oxygen atoms in total. The highest BCUT2D eigenvalue weighted by molar-refractivity contribution is 9.10. The standard InChI is InChI=1S/C20H20BrF3N2O2/c21-16-3-1-14(2-4-16)13-26-11-9-15(10-12-26)19(27)25-17-5-7-18(8-6-17)28-20(22,23)24/h1-8,15H,9-13H2,(H,25,27). The molecule has 2 aromatic rings. The number of nitrogens with one attached hydrogen (secondary N) is 1. The van der Waals surface area contributed by atoms with Crippen LogP contribution in [0.4, 0.5) is 18.9 Å². The molecule has 0 radical (unpaired) electrons. The van der Waals surface area contributed by atoms with Crippen molar-refractivity contribution in [3.63, 3.8) is 0 Å². The molecule has 2 aromatic carbocycles. The van der Waals surface area contributed by atoms with Gasteiger partial charge in [0.05, 0.1) is 0 Å². The lowest BCUT2D eigenvalue weighted by atomic mass is 9.95. The summed E-state index contributed by atoms with van der Waals surface area (Å²) < 4.78 is 41.4. The molecule has 1 aliphatic rings. The Bertz CT molecular complexity index is 787. The average molecular weight is 457 g/mol. The zero-order valence-electron chi connectivity index (χ0n) is 15.0. The molecule has 0 aromatic heterocycles. The van der Waals surface area contributed by atoms with Crippen molar-refractivity contribution in [3.05, 3.63) is 58.6 Å². The fraction of sp³-hybridized carbons (Fsp3) is 0.350. The zero-order valence-corrected chi connectivity index (χ0v) is 16.6. The first-order chi connectivity index (χ1) is 13.3. The first-order valence-corrected chi connectivity index (χ1v) is 9.71. The van der Waals surface area contributed by atoms with Crippen LogP contribution in [0.15, 0.2) is 53.0 Å². The lowest BCUT2D eigenvalue weighted by Gasteiger charge is -2.31. The van der Waals surface area contributed by atoms with Crippen LogP contribution >= 0.6 is 15.9 Å². The molecule has 0 unspecified atom stereocenters. The lowest BCUT2D eigenvalue weighted by Crippen LogP contribution is -2.37. The number of halogens is 4. The third kappa shape index (κ3) is 6.24. The van der Waals surface area contributed by atoms with Gasteiger partial charge >= 0.3 is 6.36 Å². The van der Waals surface area contributed by atoms with Gasteiger partial charge in [0.15, 0.2) is 0 Å². The van der Waals surface area contributed by atoms with Gasteiger partial charge in [0.1, 0.15) is 5.75 Å². The van der Waals surface area contributed by atoms with Crippen LogP contribution in [0.5, 0.6) is 5.75 Å². The number of alkyl halides is 3. The van der Waals surface area contributed by atoms with E-state index in [0.29, 0.717) is 5.69 Å². The number of hydrogen-bond acceptors (Lipinski definition) is 3. The molecule has 1 heterocycles. The van der Waals surface area contributed by atoms with Crippen molar-refractivity contribution in [3.8, 4) is 5.75 Å². The van der Waals surface area contributed by atoms with Crippen LogP contribution in [0.25, 0.3) is 0 Å². The summed E-state index contributed by atoms with van der Waals surface area (Å²) >= 11 is 3.42. The van der Waals surface area contributed by atoms with E-state index in [0.717, 1.165) is 36.9 Å². The summed E-state index contributed by atoms with van der Waals surface area (Å²) in [5.41, 5.74) is 1.68. The molecule has 150 valence electrons. The van der Waals surface area contributed by atoms with Gasteiger partial charge in [-0.25, -0.2) is 0 Å². The molecular formula is C20H20BrF3N2O2. The van der Waals surface area contributed by atoms with Crippen LogP contribution in [-0.2, 0) is 11.3 Å². The second-order valence-electron chi connectivity index (χ2n) is 6.74. The SMILES string of the molecule is O=C(Nc1ccc(OC(F)(F)F)cc1)C1CCN(Cc2ccc(Br)cc2)CC1. The molecule has 1 fully saturated rings. The van der Waals surface area contributed by atoms with Crippen molar-refractivity contribution >= 4 is 27.5 Å². The summed E-state index contributed by atoms with van der Waals surface area (Å²) in [6, 6.07) is 13.4. The largest absolute Gasteiger partial charge is 0.573 e. The van der Waals surface area contributed by atoms with Gasteiger partial charge in [-0.3, -0.25) is 9.69 Å². The highest BCUT2D eigenvalue weighted by Gasteiger charge is 2.31. The van der Waals surface area contributed by atoms with Gasteiger partial charge in [0, 0.05) is 22.6 Å². The summed E-state index contributed by atoms with van der Waals surface area (Å²) in [5.74, 6) is -0.521. The fourth-order valence-corrected chi connectivity index (χ4v) is 3.45. The molecule has 1 N–H and O–H groups in total. The smallest absolute Gasteiger partial charge is 0.406 e. The third-order valence-corrected chi connectivity index (χ3v) is 5.16. The van der Waals surface area contributed by atoms with Crippen molar-refractivity contribution < 1.29 is 22.7 Å². The number of hydrogen-bond donors (Lipinski definition) is 1. The molecule has 28 heavy (non-hydrogen) atoms. The van der Waals surface area contributed by atoms with Gasteiger partial charge in [0.2, 0.25) is 5.91 Å². The molecule has 0 aliphatic carbocycles. The topological polar surface area (TPSA) is 41.6 Å². The van der Waals surface area contributed by atoms with E-state index in [1.165, 1.54) is 29.8 Å². The Kier molecular flexibility index (Phi) is 6.61. The Labute approximate surface area is 169 Å². The van der Waals surface area contributed by atoms with E-state index in [9.17, 15) is 18.0 Å². The maximum atomic E-state index is 12.4. The number of carbonyl (C=O) groups is 1. The molecule has 1 amide bonds. The maximum absolute atomic E-state index is 12.4. The predicted molar refractivity (Wildman–Crippen MR) is 104 cm³/mol. The second kappa shape index (κ2) is 8.96. The van der Waals surface area contributed by atoms with Crippen molar-refractivity contribution in [2.45, 2.75) is 25.7 Å².